The number of amides is 1. The molecule has 0 unspecified atom stereocenters. The van der Waals surface area contributed by atoms with Crippen LogP contribution in [0, 0.1) is 0 Å². The van der Waals surface area contributed by atoms with Crippen molar-refractivity contribution in [3.8, 4) is 0 Å². The van der Waals surface area contributed by atoms with Crippen LogP contribution in [0.15, 0.2) is 53.1 Å². The van der Waals surface area contributed by atoms with Gasteiger partial charge < -0.3 is 15.1 Å². The number of carbonyl (C=O) groups excluding carboxylic acids is 1. The van der Waals surface area contributed by atoms with Gasteiger partial charge in [-0.1, -0.05) is 41.9 Å². The van der Waals surface area contributed by atoms with Crippen molar-refractivity contribution in [2.24, 2.45) is 0 Å². The largest absolute Gasteiger partial charge is 0.467 e. The minimum Gasteiger partial charge on any atom is -0.467 e. The van der Waals surface area contributed by atoms with Gasteiger partial charge in [-0.25, -0.2) is 4.68 Å². The van der Waals surface area contributed by atoms with Gasteiger partial charge in [-0.3, -0.25) is 4.79 Å². The molecule has 0 saturated heterocycles. The number of halogens is 4. The smallest absolute Gasteiger partial charge is 0.410 e. The van der Waals surface area contributed by atoms with E-state index in [1.165, 1.54) is 6.26 Å². The van der Waals surface area contributed by atoms with Crippen LogP contribution in [-0.4, -0.2) is 21.9 Å². The van der Waals surface area contributed by atoms with E-state index in [1.807, 2.05) is 30.3 Å². The van der Waals surface area contributed by atoms with Crippen molar-refractivity contribution in [2.75, 3.05) is 5.32 Å². The Hall–Kier alpha value is -2.94. The summed E-state index contributed by atoms with van der Waals surface area (Å²) in [6.07, 6.45) is -3.54. The Balaban J connectivity index is 1.65. The Kier molecular flexibility index (Phi) is 5.23. The molecule has 2 N–H and O–H groups in total. The van der Waals surface area contributed by atoms with E-state index >= 15 is 0 Å². The fourth-order valence-corrected chi connectivity index (χ4v) is 3.77. The summed E-state index contributed by atoms with van der Waals surface area (Å²) in [4.78, 5) is 12.7. The van der Waals surface area contributed by atoms with Gasteiger partial charge in [0.2, 0.25) is 0 Å². The maximum absolute atomic E-state index is 13.7. The number of fused-ring (bicyclic) bond motifs is 1. The Labute approximate surface area is 175 Å². The second-order valence-corrected chi connectivity index (χ2v) is 7.45. The van der Waals surface area contributed by atoms with Crippen molar-refractivity contribution in [2.45, 2.75) is 37.6 Å². The third kappa shape index (κ3) is 3.77. The van der Waals surface area contributed by atoms with Crippen molar-refractivity contribution < 1.29 is 22.4 Å². The molecule has 0 spiro atoms. The van der Waals surface area contributed by atoms with Gasteiger partial charge in [0.05, 0.1) is 18.3 Å². The van der Waals surface area contributed by atoms with Gasteiger partial charge in [-0.2, -0.15) is 18.3 Å². The standard InChI is InChI=1S/C20H18ClF3N4O2/c1-11(12-6-3-2-4-7-12)25-19(29)17-16(21)18-26-13(14-8-5-9-30-14)10-15(20(22,23)24)28(18)27-17/h2-9,11,13,15,26H,10H2,1H3,(H,25,29)/t11-,13-,15+/m0/s1. The average molecular weight is 439 g/mol. The molecule has 1 amide bonds. The van der Waals surface area contributed by atoms with Gasteiger partial charge in [0.25, 0.3) is 5.91 Å². The van der Waals surface area contributed by atoms with E-state index in [1.54, 1.807) is 19.1 Å². The van der Waals surface area contributed by atoms with Crippen LogP contribution in [0.2, 0.25) is 5.02 Å². The Morgan fingerprint density at radius 1 is 1.30 bits per heavy atom. The molecule has 2 aromatic heterocycles. The number of aromatic nitrogens is 2. The fraction of sp³-hybridized carbons (Fsp3) is 0.300. The van der Waals surface area contributed by atoms with Crippen LogP contribution in [0.1, 0.15) is 53.3 Å². The van der Waals surface area contributed by atoms with Crippen molar-refractivity contribution in [1.82, 2.24) is 15.1 Å². The number of hydrogen-bond donors (Lipinski definition) is 2. The summed E-state index contributed by atoms with van der Waals surface area (Å²) in [7, 11) is 0. The number of benzene rings is 1. The van der Waals surface area contributed by atoms with Crippen molar-refractivity contribution in [1.29, 1.82) is 0 Å². The third-order valence-corrected chi connectivity index (χ3v) is 5.40. The Morgan fingerprint density at radius 2 is 2.03 bits per heavy atom. The molecular weight excluding hydrogens is 421 g/mol. The summed E-state index contributed by atoms with van der Waals surface area (Å²) in [5.74, 6) is -0.379. The first-order valence-corrected chi connectivity index (χ1v) is 9.64. The summed E-state index contributed by atoms with van der Waals surface area (Å²) >= 11 is 6.30. The molecule has 0 saturated carbocycles. The molecule has 10 heteroatoms. The molecule has 0 aliphatic carbocycles. The number of hydrogen-bond acceptors (Lipinski definition) is 4. The lowest BCUT2D eigenvalue weighted by Crippen LogP contribution is -2.35. The number of carbonyl (C=O) groups is 1. The highest BCUT2D eigenvalue weighted by atomic mass is 35.5. The quantitative estimate of drug-likeness (QED) is 0.581. The highest BCUT2D eigenvalue weighted by Gasteiger charge is 2.48. The van der Waals surface area contributed by atoms with Crippen LogP contribution in [0.3, 0.4) is 0 Å². The van der Waals surface area contributed by atoms with Crippen molar-refractivity contribution in [3.63, 3.8) is 0 Å². The monoisotopic (exact) mass is 438 g/mol. The first-order valence-electron chi connectivity index (χ1n) is 9.26. The zero-order valence-electron chi connectivity index (χ0n) is 15.8. The van der Waals surface area contributed by atoms with Crippen LogP contribution in [-0.2, 0) is 0 Å². The topological polar surface area (TPSA) is 72.1 Å². The molecule has 6 nitrogen and oxygen atoms in total. The molecule has 1 aliphatic rings. The molecule has 1 aromatic carbocycles. The predicted octanol–water partition coefficient (Wildman–Crippen LogP) is 5.28. The first-order chi connectivity index (χ1) is 14.3. The van der Waals surface area contributed by atoms with Crippen LogP contribution >= 0.6 is 11.6 Å². The molecule has 158 valence electrons. The van der Waals surface area contributed by atoms with E-state index in [0.29, 0.717) is 5.76 Å². The number of alkyl halides is 3. The number of rotatable bonds is 4. The normalized spacial score (nSPS) is 19.6. The summed E-state index contributed by atoms with van der Waals surface area (Å²) < 4.78 is 47.2. The highest BCUT2D eigenvalue weighted by molar-refractivity contribution is 6.36. The number of anilines is 1. The molecule has 3 atom stereocenters. The van der Waals surface area contributed by atoms with E-state index in [0.717, 1.165) is 10.2 Å². The third-order valence-electron chi connectivity index (χ3n) is 5.04. The number of nitrogens with zero attached hydrogens (tertiary/aromatic N) is 2. The van der Waals surface area contributed by atoms with E-state index in [4.69, 9.17) is 16.0 Å². The summed E-state index contributed by atoms with van der Waals surface area (Å²) in [5, 5.41) is 9.40. The van der Waals surface area contributed by atoms with Gasteiger partial charge in [-0.15, -0.1) is 0 Å². The van der Waals surface area contributed by atoms with Crippen LogP contribution in [0.5, 0.6) is 0 Å². The summed E-state index contributed by atoms with van der Waals surface area (Å²) in [5.41, 5.74) is 0.575. The zero-order chi connectivity index (χ0) is 21.5. The number of furan rings is 1. The lowest BCUT2D eigenvalue weighted by atomic mass is 10.0. The zero-order valence-corrected chi connectivity index (χ0v) is 16.5. The van der Waals surface area contributed by atoms with Gasteiger partial charge in [-0.05, 0) is 24.6 Å². The lowest BCUT2D eigenvalue weighted by Gasteiger charge is -2.32. The van der Waals surface area contributed by atoms with E-state index in [-0.39, 0.29) is 29.0 Å². The van der Waals surface area contributed by atoms with Gasteiger partial charge in [0, 0.05) is 6.42 Å². The molecule has 0 radical (unpaired) electrons. The summed E-state index contributed by atoms with van der Waals surface area (Å²) in [6.45, 7) is 1.76. The van der Waals surface area contributed by atoms with E-state index < -0.39 is 24.2 Å². The second-order valence-electron chi connectivity index (χ2n) is 7.07. The number of nitrogens with one attached hydrogen (secondary N) is 2. The van der Waals surface area contributed by atoms with Crippen LogP contribution in [0.4, 0.5) is 19.0 Å². The second kappa shape index (κ2) is 7.71. The predicted molar refractivity (Wildman–Crippen MR) is 104 cm³/mol. The molecule has 3 heterocycles. The van der Waals surface area contributed by atoms with Gasteiger partial charge in [0.1, 0.15) is 16.6 Å². The minimum absolute atomic E-state index is 0.0656. The van der Waals surface area contributed by atoms with Gasteiger partial charge >= 0.3 is 6.18 Å². The fourth-order valence-electron chi connectivity index (χ4n) is 3.50. The molecular formula is C20H18ClF3N4O2. The molecule has 0 bridgehead atoms. The average Bonchev–Trinajstić information content (AvgIpc) is 3.36. The van der Waals surface area contributed by atoms with E-state index in [9.17, 15) is 18.0 Å². The maximum Gasteiger partial charge on any atom is 0.410 e. The molecule has 3 aromatic rings. The van der Waals surface area contributed by atoms with Crippen molar-refractivity contribution in [3.05, 3.63) is 70.8 Å². The molecule has 30 heavy (non-hydrogen) atoms. The Morgan fingerprint density at radius 3 is 2.67 bits per heavy atom. The van der Waals surface area contributed by atoms with Gasteiger partial charge in [0.15, 0.2) is 11.7 Å². The SMILES string of the molecule is C[C@H](NC(=O)c1nn2c(c1Cl)N[C@H](c1ccco1)C[C@@H]2C(F)(F)F)c1ccccc1. The lowest BCUT2D eigenvalue weighted by molar-refractivity contribution is -0.174. The minimum atomic E-state index is -4.58. The van der Waals surface area contributed by atoms with Crippen molar-refractivity contribution >= 4 is 23.3 Å². The van der Waals surface area contributed by atoms with Crippen LogP contribution < -0.4 is 10.6 Å². The first kappa shape index (κ1) is 20.3. The van der Waals surface area contributed by atoms with Crippen LogP contribution in [0.25, 0.3) is 0 Å². The molecule has 0 fully saturated rings. The molecule has 4 rings (SSSR count). The van der Waals surface area contributed by atoms with E-state index in [2.05, 4.69) is 15.7 Å². The highest BCUT2D eigenvalue weighted by Crippen LogP contribution is 2.46. The molecule has 1 aliphatic heterocycles. The maximum atomic E-state index is 13.7. The summed E-state index contributed by atoms with van der Waals surface area (Å²) in [6, 6.07) is 9.26. The Bertz CT molecular complexity index is 1030.